The summed E-state index contributed by atoms with van der Waals surface area (Å²) in [5, 5.41) is 0. The van der Waals surface area contributed by atoms with E-state index >= 15 is 0 Å². The predicted molar refractivity (Wildman–Crippen MR) is 135 cm³/mol. The molecule has 0 atom stereocenters. The van der Waals surface area contributed by atoms with Crippen molar-refractivity contribution in [3.8, 4) is 11.5 Å². The van der Waals surface area contributed by atoms with Crippen molar-refractivity contribution in [2.75, 3.05) is 33.5 Å². The van der Waals surface area contributed by atoms with Gasteiger partial charge in [-0.1, -0.05) is 49.6 Å². The quantitative estimate of drug-likeness (QED) is 0.118. The smallest absolute Gasteiger partial charge is 0.334 e. The first-order valence-corrected chi connectivity index (χ1v) is 11.3. The fourth-order valence-electron chi connectivity index (χ4n) is 2.74. The third-order valence-electron chi connectivity index (χ3n) is 4.66. The molecule has 0 fully saturated rings. The molecule has 2 aromatic rings. The lowest BCUT2D eigenvalue weighted by Gasteiger charge is -2.08. The van der Waals surface area contributed by atoms with Gasteiger partial charge in [0.05, 0.1) is 26.7 Å². The van der Waals surface area contributed by atoms with Gasteiger partial charge < -0.3 is 23.7 Å². The molecular formula is C28H30O8. The van der Waals surface area contributed by atoms with E-state index in [2.05, 4.69) is 17.9 Å². The topological polar surface area (TPSA) is 97.4 Å². The van der Waals surface area contributed by atoms with Crippen LogP contribution < -0.4 is 9.47 Å². The van der Waals surface area contributed by atoms with Gasteiger partial charge in [-0.05, 0) is 35.4 Å². The van der Waals surface area contributed by atoms with Gasteiger partial charge in [0.2, 0.25) is 0 Å². The molecule has 2 rings (SSSR count). The van der Waals surface area contributed by atoms with Crippen molar-refractivity contribution in [2.24, 2.45) is 0 Å². The van der Waals surface area contributed by atoms with Crippen LogP contribution >= 0.6 is 0 Å². The zero-order valence-electron chi connectivity index (χ0n) is 20.3. The molecule has 0 aliphatic heterocycles. The molecule has 2 aromatic carbocycles. The van der Waals surface area contributed by atoms with Crippen LogP contribution in [0.15, 0.2) is 73.3 Å². The normalized spacial score (nSPS) is 10.4. The van der Waals surface area contributed by atoms with E-state index < -0.39 is 17.9 Å². The summed E-state index contributed by atoms with van der Waals surface area (Å²) in [4.78, 5) is 33.9. The SMILES string of the molecule is C=CC(=O)OCCCOc1ccc(/C=C/c2ccc(OCCOC(=O)C(=C)CC(=O)OC)cc2)cc1. The van der Waals surface area contributed by atoms with Gasteiger partial charge in [0.15, 0.2) is 0 Å². The van der Waals surface area contributed by atoms with E-state index in [1.807, 2.05) is 60.7 Å². The average Bonchev–Trinajstić information content (AvgIpc) is 2.90. The van der Waals surface area contributed by atoms with E-state index in [9.17, 15) is 14.4 Å². The monoisotopic (exact) mass is 494 g/mol. The average molecular weight is 495 g/mol. The zero-order chi connectivity index (χ0) is 26.2. The van der Waals surface area contributed by atoms with Crippen LogP contribution in [0.25, 0.3) is 12.2 Å². The maximum absolute atomic E-state index is 11.7. The van der Waals surface area contributed by atoms with E-state index in [4.69, 9.17) is 18.9 Å². The number of ether oxygens (including phenoxy) is 5. The molecule has 0 aliphatic carbocycles. The van der Waals surface area contributed by atoms with Crippen molar-refractivity contribution in [3.05, 3.63) is 84.5 Å². The highest BCUT2D eigenvalue weighted by Gasteiger charge is 2.13. The van der Waals surface area contributed by atoms with E-state index in [0.717, 1.165) is 23.0 Å². The Morgan fingerprint density at radius 3 is 1.86 bits per heavy atom. The molecule has 0 N–H and O–H groups in total. The Balaban J connectivity index is 1.69. The molecule has 8 nitrogen and oxygen atoms in total. The van der Waals surface area contributed by atoms with Crippen LogP contribution in [0.3, 0.4) is 0 Å². The Kier molecular flexibility index (Phi) is 12.1. The number of carbonyl (C=O) groups excluding carboxylic acids is 3. The second-order valence-electron chi connectivity index (χ2n) is 7.39. The van der Waals surface area contributed by atoms with E-state index in [-0.39, 0.29) is 31.8 Å². The van der Waals surface area contributed by atoms with Crippen molar-refractivity contribution in [2.45, 2.75) is 12.8 Å². The van der Waals surface area contributed by atoms with Crippen LogP contribution in [0.1, 0.15) is 24.0 Å². The number of hydrogen-bond donors (Lipinski definition) is 0. The standard InChI is InChI=1S/C28H30O8/c1-4-26(29)35-17-5-16-33-24-12-8-22(9-13-24)6-7-23-10-14-25(15-11-23)34-18-19-36-28(31)21(2)20-27(30)32-3/h4,6-15H,1-2,5,16-20H2,3H3/b7-6+. The molecular weight excluding hydrogens is 464 g/mol. The summed E-state index contributed by atoms with van der Waals surface area (Å²) in [5.41, 5.74) is 2.03. The number of benzene rings is 2. The molecule has 0 saturated heterocycles. The Labute approximate surface area is 210 Å². The molecule has 0 radical (unpaired) electrons. The lowest BCUT2D eigenvalue weighted by atomic mass is 10.1. The van der Waals surface area contributed by atoms with Gasteiger partial charge in [-0.25, -0.2) is 9.59 Å². The van der Waals surface area contributed by atoms with Crippen LogP contribution in [0.2, 0.25) is 0 Å². The number of rotatable bonds is 15. The van der Waals surface area contributed by atoms with Crippen molar-refractivity contribution >= 4 is 30.1 Å². The van der Waals surface area contributed by atoms with Crippen LogP contribution in [-0.4, -0.2) is 51.4 Å². The van der Waals surface area contributed by atoms with Gasteiger partial charge in [-0.2, -0.15) is 0 Å². The molecule has 36 heavy (non-hydrogen) atoms. The van der Waals surface area contributed by atoms with Gasteiger partial charge in [0.1, 0.15) is 24.7 Å². The minimum atomic E-state index is -0.657. The zero-order valence-corrected chi connectivity index (χ0v) is 20.3. The molecule has 190 valence electrons. The first-order chi connectivity index (χ1) is 17.4. The molecule has 0 bridgehead atoms. The maximum Gasteiger partial charge on any atom is 0.334 e. The number of methoxy groups -OCH3 is 1. The van der Waals surface area contributed by atoms with E-state index in [0.29, 0.717) is 18.8 Å². The van der Waals surface area contributed by atoms with Crippen molar-refractivity contribution in [1.82, 2.24) is 0 Å². The highest BCUT2D eigenvalue weighted by Crippen LogP contribution is 2.17. The van der Waals surface area contributed by atoms with Gasteiger partial charge >= 0.3 is 17.9 Å². The fourth-order valence-corrected chi connectivity index (χ4v) is 2.74. The highest BCUT2D eigenvalue weighted by molar-refractivity contribution is 5.93. The fraction of sp³-hybridized carbons (Fsp3) is 0.250. The van der Waals surface area contributed by atoms with Gasteiger partial charge in [-0.15, -0.1) is 0 Å². The van der Waals surface area contributed by atoms with Crippen LogP contribution in [0, 0.1) is 0 Å². The van der Waals surface area contributed by atoms with E-state index in [1.165, 1.54) is 7.11 Å². The lowest BCUT2D eigenvalue weighted by molar-refractivity contribution is -0.144. The van der Waals surface area contributed by atoms with Crippen LogP contribution in [0.4, 0.5) is 0 Å². The summed E-state index contributed by atoms with van der Waals surface area (Å²) < 4.78 is 25.6. The van der Waals surface area contributed by atoms with Crippen LogP contribution in [-0.2, 0) is 28.6 Å². The summed E-state index contributed by atoms with van der Waals surface area (Å²) in [6.45, 7) is 7.79. The minimum Gasteiger partial charge on any atom is -0.493 e. The summed E-state index contributed by atoms with van der Waals surface area (Å²) >= 11 is 0. The van der Waals surface area contributed by atoms with Gasteiger partial charge in [-0.3, -0.25) is 4.79 Å². The second kappa shape index (κ2) is 15.5. The summed E-state index contributed by atoms with van der Waals surface area (Å²) in [6, 6.07) is 15.1. The van der Waals surface area contributed by atoms with Crippen molar-refractivity contribution in [1.29, 1.82) is 0 Å². The Morgan fingerprint density at radius 1 is 0.778 bits per heavy atom. The van der Waals surface area contributed by atoms with Gasteiger partial charge in [0.25, 0.3) is 0 Å². The summed E-state index contributed by atoms with van der Waals surface area (Å²) in [7, 11) is 1.24. The van der Waals surface area contributed by atoms with Crippen LogP contribution in [0.5, 0.6) is 11.5 Å². The lowest BCUT2D eigenvalue weighted by Crippen LogP contribution is -2.15. The third kappa shape index (κ3) is 10.7. The number of esters is 3. The Morgan fingerprint density at radius 2 is 1.33 bits per heavy atom. The highest BCUT2D eigenvalue weighted by atomic mass is 16.6. The second-order valence-corrected chi connectivity index (χ2v) is 7.39. The Hall–Kier alpha value is -4.33. The van der Waals surface area contributed by atoms with Crippen molar-refractivity contribution in [3.63, 3.8) is 0 Å². The largest absolute Gasteiger partial charge is 0.493 e. The Bertz CT molecular complexity index is 1050. The minimum absolute atomic E-state index is 0.0309. The summed E-state index contributed by atoms with van der Waals surface area (Å²) in [6.07, 6.45) is 5.48. The molecule has 8 heteroatoms. The van der Waals surface area contributed by atoms with E-state index in [1.54, 1.807) is 0 Å². The first-order valence-electron chi connectivity index (χ1n) is 11.3. The predicted octanol–water partition coefficient (Wildman–Crippen LogP) is 4.40. The number of hydrogen-bond acceptors (Lipinski definition) is 8. The molecule has 0 unspecified atom stereocenters. The molecule has 0 saturated carbocycles. The third-order valence-corrected chi connectivity index (χ3v) is 4.66. The molecule has 0 amide bonds. The molecule has 0 spiro atoms. The van der Waals surface area contributed by atoms with Crippen molar-refractivity contribution < 1.29 is 38.1 Å². The van der Waals surface area contributed by atoms with Gasteiger partial charge in [0, 0.05) is 18.1 Å². The summed E-state index contributed by atoms with van der Waals surface area (Å²) in [5.74, 6) is -0.270. The number of carbonyl (C=O) groups is 3. The molecule has 0 aliphatic rings. The first kappa shape index (κ1) is 27.9. The molecule has 0 aromatic heterocycles. The molecule has 0 heterocycles. The maximum atomic E-state index is 11.7.